The van der Waals surface area contributed by atoms with E-state index in [1.807, 2.05) is 0 Å². The van der Waals surface area contributed by atoms with Gasteiger partial charge >= 0.3 is 6.36 Å². The van der Waals surface area contributed by atoms with Crippen LogP contribution >= 0.6 is 0 Å². The summed E-state index contributed by atoms with van der Waals surface area (Å²) in [6.07, 6.45) is -4.64. The van der Waals surface area contributed by atoms with Gasteiger partial charge in [-0.05, 0) is 12.1 Å². The number of fused-ring (bicyclic) bond motifs is 1. The summed E-state index contributed by atoms with van der Waals surface area (Å²) in [7, 11) is 0. The van der Waals surface area contributed by atoms with Gasteiger partial charge in [-0.1, -0.05) is 0 Å². The Morgan fingerprint density at radius 3 is 2.40 bits per heavy atom. The Morgan fingerprint density at radius 1 is 1.07 bits per heavy atom. The molecule has 0 radical (unpaired) electrons. The van der Waals surface area contributed by atoms with Gasteiger partial charge in [0.2, 0.25) is 0 Å². The summed E-state index contributed by atoms with van der Waals surface area (Å²) in [4.78, 5) is 0. The van der Waals surface area contributed by atoms with Crippen LogP contribution in [0.15, 0.2) is 18.2 Å². The van der Waals surface area contributed by atoms with E-state index in [-0.39, 0.29) is 5.75 Å². The van der Waals surface area contributed by atoms with Gasteiger partial charge in [0.1, 0.15) is 5.75 Å². The molecule has 0 spiro atoms. The summed E-state index contributed by atoms with van der Waals surface area (Å²) in [6, 6.07) is 4.17. The lowest BCUT2D eigenvalue weighted by atomic mass is 10.2. The van der Waals surface area contributed by atoms with Gasteiger partial charge in [0.05, 0.1) is 11.4 Å². The molecule has 6 heteroatoms. The van der Waals surface area contributed by atoms with Crippen molar-refractivity contribution in [3.05, 3.63) is 18.2 Å². The zero-order valence-electron chi connectivity index (χ0n) is 7.69. The number of alkyl halides is 3. The second kappa shape index (κ2) is 3.52. The van der Waals surface area contributed by atoms with E-state index in [4.69, 9.17) is 0 Å². The highest BCUT2D eigenvalue weighted by molar-refractivity contribution is 5.72. The Labute approximate surface area is 84.2 Å². The fourth-order valence-electron chi connectivity index (χ4n) is 1.42. The molecule has 1 aliphatic rings. The molecule has 2 N–H and O–H groups in total. The molecule has 2 rings (SSSR count). The molecule has 1 aromatic rings. The van der Waals surface area contributed by atoms with Crippen molar-refractivity contribution in [3.63, 3.8) is 0 Å². The van der Waals surface area contributed by atoms with Gasteiger partial charge in [0.15, 0.2) is 0 Å². The molecule has 0 aliphatic carbocycles. The van der Waals surface area contributed by atoms with Crippen LogP contribution in [0.3, 0.4) is 0 Å². The van der Waals surface area contributed by atoms with E-state index in [0.717, 1.165) is 12.2 Å². The predicted octanol–water partition coefficient (Wildman–Crippen LogP) is 2.42. The average Bonchev–Trinajstić information content (AvgIpc) is 2.15. The molecule has 1 aliphatic heterocycles. The summed E-state index contributed by atoms with van der Waals surface area (Å²) in [5.74, 6) is -0.211. The lowest BCUT2D eigenvalue weighted by Crippen LogP contribution is -2.21. The number of nitrogens with one attached hydrogen (secondary N) is 2. The number of halogens is 3. The second-order valence-electron chi connectivity index (χ2n) is 3.11. The third kappa shape index (κ3) is 2.45. The molecule has 0 amide bonds. The number of ether oxygens (including phenoxy) is 1. The molecule has 1 aromatic carbocycles. The number of anilines is 2. The van der Waals surface area contributed by atoms with Crippen molar-refractivity contribution in [1.82, 2.24) is 0 Å². The van der Waals surface area contributed by atoms with Crippen LogP contribution in [0.2, 0.25) is 0 Å². The van der Waals surface area contributed by atoms with E-state index >= 15 is 0 Å². The summed E-state index contributed by atoms with van der Waals surface area (Å²) in [6.45, 7) is 1.44. The molecule has 3 nitrogen and oxygen atoms in total. The molecule has 82 valence electrons. The standard InChI is InChI=1S/C9H9F3N2O/c10-9(11,12)15-6-1-2-7-8(5-6)14-4-3-13-7/h1-2,5,13-14H,3-4H2. The molecular formula is C9H9F3N2O. The first-order chi connectivity index (χ1) is 7.04. The van der Waals surface area contributed by atoms with Gasteiger partial charge < -0.3 is 15.4 Å². The van der Waals surface area contributed by atoms with Gasteiger partial charge in [-0.3, -0.25) is 0 Å². The van der Waals surface area contributed by atoms with Crippen LogP contribution < -0.4 is 15.4 Å². The minimum atomic E-state index is -4.64. The first-order valence-corrected chi connectivity index (χ1v) is 4.42. The van der Waals surface area contributed by atoms with E-state index in [2.05, 4.69) is 15.4 Å². The lowest BCUT2D eigenvalue weighted by Gasteiger charge is -2.20. The SMILES string of the molecule is FC(F)(F)Oc1ccc2c(c1)NCCN2. The van der Waals surface area contributed by atoms with E-state index in [0.29, 0.717) is 12.2 Å². The fourth-order valence-corrected chi connectivity index (χ4v) is 1.42. The van der Waals surface area contributed by atoms with E-state index in [9.17, 15) is 13.2 Å². The Bertz CT molecular complexity index is 365. The largest absolute Gasteiger partial charge is 0.573 e. The molecule has 0 fully saturated rings. The van der Waals surface area contributed by atoms with Gasteiger partial charge in [-0.15, -0.1) is 13.2 Å². The molecule has 0 bridgehead atoms. The minimum Gasteiger partial charge on any atom is -0.406 e. The predicted molar refractivity (Wildman–Crippen MR) is 50.1 cm³/mol. The summed E-state index contributed by atoms with van der Waals surface area (Å²) >= 11 is 0. The Kier molecular flexibility index (Phi) is 2.34. The minimum absolute atomic E-state index is 0.211. The zero-order valence-corrected chi connectivity index (χ0v) is 7.69. The van der Waals surface area contributed by atoms with E-state index in [1.165, 1.54) is 12.1 Å². The Hall–Kier alpha value is -1.59. The van der Waals surface area contributed by atoms with Crippen molar-refractivity contribution in [2.24, 2.45) is 0 Å². The molecular weight excluding hydrogens is 209 g/mol. The molecule has 0 unspecified atom stereocenters. The average molecular weight is 218 g/mol. The normalized spacial score (nSPS) is 14.9. The highest BCUT2D eigenvalue weighted by Crippen LogP contribution is 2.31. The first-order valence-electron chi connectivity index (χ1n) is 4.42. The third-order valence-corrected chi connectivity index (χ3v) is 1.98. The smallest absolute Gasteiger partial charge is 0.406 e. The molecule has 0 atom stereocenters. The lowest BCUT2D eigenvalue weighted by molar-refractivity contribution is -0.274. The summed E-state index contributed by atoms with van der Waals surface area (Å²) in [5.41, 5.74) is 1.42. The van der Waals surface area contributed by atoms with Gasteiger partial charge in [-0.2, -0.15) is 0 Å². The number of benzene rings is 1. The molecule has 0 saturated carbocycles. The maximum atomic E-state index is 11.9. The molecule has 15 heavy (non-hydrogen) atoms. The molecule has 0 aromatic heterocycles. The van der Waals surface area contributed by atoms with E-state index in [1.54, 1.807) is 6.07 Å². The first kappa shape index (κ1) is 9.95. The van der Waals surface area contributed by atoms with Crippen molar-refractivity contribution >= 4 is 11.4 Å². The van der Waals surface area contributed by atoms with E-state index < -0.39 is 6.36 Å². The summed E-state index contributed by atoms with van der Waals surface area (Å²) < 4.78 is 39.5. The number of hydrogen-bond acceptors (Lipinski definition) is 3. The van der Waals surface area contributed by atoms with Crippen LogP contribution in [0.1, 0.15) is 0 Å². The van der Waals surface area contributed by atoms with Crippen LogP contribution in [-0.4, -0.2) is 19.5 Å². The van der Waals surface area contributed by atoms with Crippen LogP contribution in [0, 0.1) is 0 Å². The molecule has 0 saturated heterocycles. The topological polar surface area (TPSA) is 33.3 Å². The second-order valence-corrected chi connectivity index (χ2v) is 3.11. The van der Waals surface area contributed by atoms with Gasteiger partial charge in [0, 0.05) is 19.2 Å². The maximum absolute atomic E-state index is 11.9. The molecule has 1 heterocycles. The van der Waals surface area contributed by atoms with Crippen LogP contribution in [-0.2, 0) is 0 Å². The fraction of sp³-hybridized carbons (Fsp3) is 0.333. The van der Waals surface area contributed by atoms with Crippen molar-refractivity contribution < 1.29 is 17.9 Å². The van der Waals surface area contributed by atoms with Crippen LogP contribution in [0.25, 0.3) is 0 Å². The number of hydrogen-bond donors (Lipinski definition) is 2. The third-order valence-electron chi connectivity index (χ3n) is 1.98. The van der Waals surface area contributed by atoms with Gasteiger partial charge in [-0.25, -0.2) is 0 Å². The highest BCUT2D eigenvalue weighted by Gasteiger charge is 2.31. The summed E-state index contributed by atoms with van der Waals surface area (Å²) in [5, 5.41) is 6.03. The zero-order chi connectivity index (χ0) is 10.9. The maximum Gasteiger partial charge on any atom is 0.573 e. The Balaban J connectivity index is 2.21. The monoisotopic (exact) mass is 218 g/mol. The van der Waals surface area contributed by atoms with Crippen molar-refractivity contribution in [2.45, 2.75) is 6.36 Å². The van der Waals surface area contributed by atoms with Crippen molar-refractivity contribution in [2.75, 3.05) is 23.7 Å². The van der Waals surface area contributed by atoms with Crippen LogP contribution in [0.5, 0.6) is 5.75 Å². The Morgan fingerprint density at radius 2 is 1.73 bits per heavy atom. The van der Waals surface area contributed by atoms with Crippen molar-refractivity contribution in [3.8, 4) is 5.75 Å². The highest BCUT2D eigenvalue weighted by atomic mass is 19.4. The van der Waals surface area contributed by atoms with Crippen molar-refractivity contribution in [1.29, 1.82) is 0 Å². The quantitative estimate of drug-likeness (QED) is 0.759. The van der Waals surface area contributed by atoms with Crippen LogP contribution in [0.4, 0.5) is 24.5 Å². The number of rotatable bonds is 1. The van der Waals surface area contributed by atoms with Gasteiger partial charge in [0.25, 0.3) is 0 Å².